The molecule has 0 spiro atoms. The van der Waals surface area contributed by atoms with Crippen molar-refractivity contribution < 1.29 is 10.0 Å². The second-order valence-corrected chi connectivity index (χ2v) is 4.57. The van der Waals surface area contributed by atoms with Gasteiger partial charge in [-0.2, -0.15) is 0 Å². The lowest BCUT2D eigenvalue weighted by atomic mass is 10.1. The Morgan fingerprint density at radius 2 is 2.11 bits per heavy atom. The molecule has 8 heteroatoms. The quantitative estimate of drug-likeness (QED) is 0.589. The van der Waals surface area contributed by atoms with Gasteiger partial charge in [-0.3, -0.25) is 0 Å². The highest BCUT2D eigenvalue weighted by molar-refractivity contribution is 5.08. The van der Waals surface area contributed by atoms with E-state index in [-0.39, 0.29) is 12.4 Å². The van der Waals surface area contributed by atoms with Crippen LogP contribution in [0.25, 0.3) is 0 Å². The molecular formula is C10H17N5O3. The Bertz CT molecular complexity index is 402. The van der Waals surface area contributed by atoms with E-state index in [0.717, 1.165) is 13.1 Å². The Morgan fingerprint density at radius 1 is 1.39 bits per heavy atom. The van der Waals surface area contributed by atoms with E-state index in [0.29, 0.717) is 6.54 Å². The third kappa shape index (κ3) is 3.47. The molecule has 0 amide bonds. The van der Waals surface area contributed by atoms with Crippen LogP contribution in [0.3, 0.4) is 0 Å². The number of aliphatic hydroxyl groups excluding tert-OH is 1. The molecule has 2 heterocycles. The van der Waals surface area contributed by atoms with Crippen molar-refractivity contribution in [2.24, 2.45) is 0 Å². The second kappa shape index (κ2) is 5.87. The lowest BCUT2D eigenvalue weighted by Gasteiger charge is -2.28. The minimum atomic E-state index is -0.597. The summed E-state index contributed by atoms with van der Waals surface area (Å²) in [5.41, 5.74) is 0. The molecule has 1 N–H and O–H groups in total. The number of β-amino-alcohol motifs (C(OH)–C–C–N with tert-alkyl or cyclic N) is 1. The van der Waals surface area contributed by atoms with Gasteiger partial charge in [0.2, 0.25) is 0 Å². The van der Waals surface area contributed by atoms with Crippen LogP contribution < -0.4 is 0 Å². The van der Waals surface area contributed by atoms with Gasteiger partial charge in [0.05, 0.1) is 17.9 Å². The summed E-state index contributed by atoms with van der Waals surface area (Å²) in [6.07, 6.45) is 4.24. The predicted octanol–water partition coefficient (Wildman–Crippen LogP) is 0.0331. The van der Waals surface area contributed by atoms with Crippen LogP contribution in [0, 0.1) is 10.1 Å². The number of piperidine rings is 1. The molecule has 1 aromatic rings. The van der Waals surface area contributed by atoms with E-state index in [2.05, 4.69) is 15.2 Å². The number of aromatic nitrogens is 3. The van der Waals surface area contributed by atoms with E-state index in [4.69, 9.17) is 0 Å². The zero-order valence-corrected chi connectivity index (χ0v) is 10.1. The molecule has 0 aromatic carbocycles. The van der Waals surface area contributed by atoms with Crippen LogP contribution in [0.2, 0.25) is 0 Å². The normalized spacial score (nSPS) is 18.7. The third-order valence-electron chi connectivity index (χ3n) is 3.03. The molecule has 100 valence electrons. The Hall–Kier alpha value is -1.54. The first kappa shape index (κ1) is 12.9. The maximum Gasteiger partial charge on any atom is 0.410 e. The average molecular weight is 255 g/mol. The zero-order chi connectivity index (χ0) is 13.0. The molecule has 1 saturated heterocycles. The van der Waals surface area contributed by atoms with Crippen LogP contribution in [0.1, 0.15) is 19.3 Å². The molecule has 0 bridgehead atoms. The van der Waals surface area contributed by atoms with Crippen LogP contribution in [0.4, 0.5) is 5.82 Å². The third-order valence-corrected chi connectivity index (χ3v) is 3.03. The van der Waals surface area contributed by atoms with Crippen molar-refractivity contribution in [3.63, 3.8) is 0 Å². The number of nitrogens with zero attached hydrogens (tertiary/aromatic N) is 5. The summed E-state index contributed by atoms with van der Waals surface area (Å²) in [5.74, 6) is -0.292. The first-order valence-electron chi connectivity index (χ1n) is 6.10. The molecule has 18 heavy (non-hydrogen) atoms. The summed E-state index contributed by atoms with van der Waals surface area (Å²) in [7, 11) is 0. The smallest absolute Gasteiger partial charge is 0.390 e. The summed E-state index contributed by atoms with van der Waals surface area (Å²) >= 11 is 0. The van der Waals surface area contributed by atoms with E-state index >= 15 is 0 Å². The SMILES string of the molecule is O=[N+]([O-])c1cn(CC(O)CN2CCCCC2)nn1. The molecule has 0 saturated carbocycles. The largest absolute Gasteiger partial charge is 0.410 e. The van der Waals surface area contributed by atoms with Crippen molar-refractivity contribution in [3.05, 3.63) is 16.3 Å². The van der Waals surface area contributed by atoms with Gasteiger partial charge >= 0.3 is 5.82 Å². The van der Waals surface area contributed by atoms with Crippen molar-refractivity contribution in [1.82, 2.24) is 19.9 Å². The van der Waals surface area contributed by atoms with Crippen molar-refractivity contribution >= 4 is 5.82 Å². The zero-order valence-electron chi connectivity index (χ0n) is 10.1. The lowest BCUT2D eigenvalue weighted by molar-refractivity contribution is -0.389. The van der Waals surface area contributed by atoms with Gasteiger partial charge in [0.1, 0.15) is 11.3 Å². The fraction of sp³-hybridized carbons (Fsp3) is 0.800. The molecular weight excluding hydrogens is 238 g/mol. The maximum atomic E-state index is 10.4. The first-order valence-corrected chi connectivity index (χ1v) is 6.10. The summed E-state index contributed by atoms with van der Waals surface area (Å²) < 4.78 is 1.31. The van der Waals surface area contributed by atoms with Crippen molar-refractivity contribution in [2.45, 2.75) is 31.9 Å². The Labute approximate surface area is 104 Å². The summed E-state index contributed by atoms with van der Waals surface area (Å²) in [6.45, 7) is 2.83. The molecule has 2 rings (SSSR count). The van der Waals surface area contributed by atoms with Gasteiger partial charge in [-0.15, -0.1) is 0 Å². The molecule has 1 unspecified atom stereocenters. The second-order valence-electron chi connectivity index (χ2n) is 4.57. The minimum Gasteiger partial charge on any atom is -0.390 e. The first-order chi connectivity index (χ1) is 8.65. The van der Waals surface area contributed by atoms with Gasteiger partial charge in [0, 0.05) is 6.54 Å². The number of nitro groups is 1. The molecule has 1 fully saturated rings. The Morgan fingerprint density at radius 3 is 2.72 bits per heavy atom. The number of hydrogen-bond acceptors (Lipinski definition) is 6. The monoisotopic (exact) mass is 255 g/mol. The van der Waals surface area contributed by atoms with E-state index in [1.165, 1.54) is 30.1 Å². The van der Waals surface area contributed by atoms with E-state index in [1.54, 1.807) is 0 Å². The topological polar surface area (TPSA) is 97.3 Å². The summed E-state index contributed by atoms with van der Waals surface area (Å²) in [6, 6.07) is 0. The molecule has 1 atom stereocenters. The average Bonchev–Trinajstić information content (AvgIpc) is 2.78. The molecule has 1 aliphatic rings. The molecule has 0 aliphatic carbocycles. The van der Waals surface area contributed by atoms with Crippen molar-refractivity contribution in [1.29, 1.82) is 0 Å². The molecule has 8 nitrogen and oxygen atoms in total. The maximum absolute atomic E-state index is 10.4. The van der Waals surface area contributed by atoms with Gasteiger partial charge in [-0.05, 0) is 30.9 Å². The number of likely N-dealkylation sites (tertiary alicyclic amines) is 1. The Balaban J connectivity index is 1.82. The number of rotatable bonds is 5. The van der Waals surface area contributed by atoms with Crippen LogP contribution in [-0.4, -0.2) is 55.7 Å². The highest BCUT2D eigenvalue weighted by Gasteiger charge is 2.18. The van der Waals surface area contributed by atoms with E-state index in [1.807, 2.05) is 0 Å². The molecule has 1 aliphatic heterocycles. The van der Waals surface area contributed by atoms with Gasteiger partial charge in [0.25, 0.3) is 0 Å². The highest BCUT2D eigenvalue weighted by Crippen LogP contribution is 2.10. The van der Waals surface area contributed by atoms with Crippen LogP contribution in [0.5, 0.6) is 0 Å². The van der Waals surface area contributed by atoms with Gasteiger partial charge in [-0.1, -0.05) is 6.42 Å². The lowest BCUT2D eigenvalue weighted by Crippen LogP contribution is -2.38. The fourth-order valence-corrected chi connectivity index (χ4v) is 2.17. The van der Waals surface area contributed by atoms with E-state index in [9.17, 15) is 15.2 Å². The van der Waals surface area contributed by atoms with Gasteiger partial charge < -0.3 is 20.1 Å². The summed E-state index contributed by atoms with van der Waals surface area (Å²) in [5, 5.41) is 27.4. The van der Waals surface area contributed by atoms with Gasteiger partial charge in [-0.25, -0.2) is 4.68 Å². The standard InChI is InChI=1S/C10H17N5O3/c16-9(6-13-4-2-1-3-5-13)7-14-8-10(11-12-14)15(17)18/h8-9,16H,1-7H2. The van der Waals surface area contributed by atoms with Crippen LogP contribution >= 0.6 is 0 Å². The number of hydrogen-bond donors (Lipinski definition) is 1. The molecule has 0 radical (unpaired) electrons. The van der Waals surface area contributed by atoms with Crippen molar-refractivity contribution in [2.75, 3.05) is 19.6 Å². The minimum absolute atomic E-state index is 0.233. The number of aliphatic hydroxyl groups is 1. The van der Waals surface area contributed by atoms with E-state index < -0.39 is 11.0 Å². The van der Waals surface area contributed by atoms with Crippen molar-refractivity contribution in [3.8, 4) is 0 Å². The molecule has 1 aromatic heterocycles. The Kier molecular flexibility index (Phi) is 4.21. The van der Waals surface area contributed by atoms with Crippen LogP contribution in [-0.2, 0) is 6.54 Å². The van der Waals surface area contributed by atoms with Crippen LogP contribution in [0.15, 0.2) is 6.20 Å². The highest BCUT2D eigenvalue weighted by atomic mass is 16.6. The van der Waals surface area contributed by atoms with Gasteiger partial charge in [0.15, 0.2) is 0 Å². The summed E-state index contributed by atoms with van der Waals surface area (Å²) in [4.78, 5) is 12.0. The fourth-order valence-electron chi connectivity index (χ4n) is 2.17. The predicted molar refractivity (Wildman–Crippen MR) is 63.0 cm³/mol.